The molecule has 0 fully saturated rings. The minimum atomic E-state index is -0.481. The van der Waals surface area contributed by atoms with E-state index < -0.39 is 11.9 Å². The Bertz CT molecular complexity index is 900. The number of anilines is 1. The topological polar surface area (TPSA) is 107 Å². The van der Waals surface area contributed by atoms with E-state index >= 15 is 0 Å². The minimum Gasteiger partial charge on any atom is -0.482 e. The molecule has 0 aliphatic carbocycles. The zero-order valence-corrected chi connectivity index (χ0v) is 16.6. The molecule has 0 saturated heterocycles. The summed E-state index contributed by atoms with van der Waals surface area (Å²) in [5.74, 6) is -0.842. The van der Waals surface area contributed by atoms with Gasteiger partial charge in [0.05, 0.1) is 19.8 Å². The van der Waals surface area contributed by atoms with Gasteiger partial charge in [-0.2, -0.15) is 0 Å². The van der Waals surface area contributed by atoms with Crippen molar-refractivity contribution < 1.29 is 28.6 Å². The van der Waals surface area contributed by atoms with Crippen LogP contribution in [0.25, 0.3) is 0 Å². The highest BCUT2D eigenvalue weighted by Crippen LogP contribution is 2.24. The van der Waals surface area contributed by atoms with E-state index in [1.807, 2.05) is 6.92 Å². The van der Waals surface area contributed by atoms with Crippen LogP contribution >= 0.6 is 0 Å². The number of hydrogen-bond donors (Lipinski definition) is 2. The van der Waals surface area contributed by atoms with Crippen LogP contribution in [0.3, 0.4) is 0 Å². The number of aromatic amines is 1. The highest BCUT2D eigenvalue weighted by molar-refractivity contribution is 6.07. The molecule has 0 unspecified atom stereocenters. The number of hydrogen-bond acceptors (Lipinski definition) is 6. The molecule has 0 radical (unpaired) electrons. The van der Waals surface area contributed by atoms with Crippen molar-refractivity contribution >= 4 is 23.5 Å². The van der Waals surface area contributed by atoms with E-state index in [-0.39, 0.29) is 12.5 Å². The fraction of sp³-hybridized carbons (Fsp3) is 0.350. The van der Waals surface area contributed by atoms with E-state index in [0.29, 0.717) is 40.4 Å². The number of carbonyl (C=O) groups is 3. The lowest BCUT2D eigenvalue weighted by molar-refractivity contribution is -0.142. The summed E-state index contributed by atoms with van der Waals surface area (Å²) >= 11 is 0. The number of rotatable bonds is 7. The molecule has 1 aromatic carbocycles. The van der Waals surface area contributed by atoms with Gasteiger partial charge in [-0.15, -0.1) is 0 Å². The van der Waals surface area contributed by atoms with Crippen molar-refractivity contribution in [3.8, 4) is 5.75 Å². The molecule has 1 aromatic heterocycles. The molecule has 2 aromatic rings. The number of aryl methyl sites for hydroxylation is 2. The second-order valence-electron chi connectivity index (χ2n) is 6.12. The molecule has 2 N–H and O–H groups in total. The van der Waals surface area contributed by atoms with E-state index in [2.05, 4.69) is 15.0 Å². The molecule has 1 heterocycles. The van der Waals surface area contributed by atoms with Crippen LogP contribution in [0.4, 0.5) is 5.69 Å². The Morgan fingerprint density at radius 1 is 1.11 bits per heavy atom. The normalized spacial score (nSPS) is 10.3. The molecular formula is C20H24N2O6. The van der Waals surface area contributed by atoms with Gasteiger partial charge in [-0.3, -0.25) is 4.79 Å². The summed E-state index contributed by atoms with van der Waals surface area (Å²) in [7, 11) is 2.59. The van der Waals surface area contributed by atoms with Crippen LogP contribution in [-0.2, 0) is 20.7 Å². The lowest BCUT2D eigenvalue weighted by atomic mass is 10.1. The monoisotopic (exact) mass is 388 g/mol. The number of H-pyrrole nitrogens is 1. The van der Waals surface area contributed by atoms with E-state index in [9.17, 15) is 14.4 Å². The Morgan fingerprint density at radius 2 is 1.82 bits per heavy atom. The summed E-state index contributed by atoms with van der Waals surface area (Å²) in [4.78, 5) is 38.9. The minimum absolute atomic E-state index is 0.195. The van der Waals surface area contributed by atoms with Crippen molar-refractivity contribution in [2.75, 3.05) is 26.1 Å². The molecule has 2 rings (SSSR count). The molecule has 0 aliphatic heterocycles. The summed E-state index contributed by atoms with van der Waals surface area (Å²) in [6.07, 6.45) is 0.559. The third-order valence-electron chi connectivity index (χ3n) is 4.33. The van der Waals surface area contributed by atoms with Crippen molar-refractivity contribution in [3.05, 3.63) is 46.3 Å². The molecule has 0 aliphatic rings. The van der Waals surface area contributed by atoms with Crippen molar-refractivity contribution in [2.45, 2.75) is 27.2 Å². The average Bonchev–Trinajstić information content (AvgIpc) is 3.03. The van der Waals surface area contributed by atoms with Gasteiger partial charge in [0.15, 0.2) is 6.61 Å². The molecule has 0 bridgehead atoms. The number of carbonyl (C=O) groups excluding carboxylic acids is 3. The molecule has 0 saturated carbocycles. The number of nitrogens with one attached hydrogen (secondary N) is 2. The summed E-state index contributed by atoms with van der Waals surface area (Å²) < 4.78 is 14.7. The number of amides is 1. The van der Waals surface area contributed by atoms with Crippen LogP contribution < -0.4 is 10.1 Å². The lowest BCUT2D eigenvalue weighted by Gasteiger charge is -2.11. The fourth-order valence-corrected chi connectivity index (χ4v) is 2.78. The summed E-state index contributed by atoms with van der Waals surface area (Å²) in [5, 5.41) is 2.82. The van der Waals surface area contributed by atoms with Crippen LogP contribution in [0.5, 0.6) is 5.75 Å². The van der Waals surface area contributed by atoms with Gasteiger partial charge in [0.25, 0.3) is 5.91 Å². The SMILES string of the molecule is CCc1[nH]c(C(=O)Nc2ccc(OCC(=O)OC)cc2C)c(C)c1C(=O)OC. The van der Waals surface area contributed by atoms with Gasteiger partial charge in [0.2, 0.25) is 0 Å². The first-order chi connectivity index (χ1) is 13.3. The van der Waals surface area contributed by atoms with Crippen molar-refractivity contribution in [3.63, 3.8) is 0 Å². The molecule has 1 amide bonds. The van der Waals surface area contributed by atoms with Crippen molar-refractivity contribution in [1.29, 1.82) is 0 Å². The zero-order valence-electron chi connectivity index (χ0n) is 16.6. The Hall–Kier alpha value is -3.29. The van der Waals surface area contributed by atoms with Gasteiger partial charge in [0.1, 0.15) is 11.4 Å². The van der Waals surface area contributed by atoms with E-state index in [1.165, 1.54) is 14.2 Å². The first-order valence-corrected chi connectivity index (χ1v) is 8.73. The van der Waals surface area contributed by atoms with Crippen molar-refractivity contribution in [2.24, 2.45) is 0 Å². The predicted molar refractivity (Wildman–Crippen MR) is 103 cm³/mol. The largest absolute Gasteiger partial charge is 0.482 e. The Balaban J connectivity index is 2.20. The van der Waals surface area contributed by atoms with Gasteiger partial charge in [-0.25, -0.2) is 9.59 Å². The van der Waals surface area contributed by atoms with Gasteiger partial charge in [-0.05, 0) is 49.6 Å². The van der Waals surface area contributed by atoms with Crippen LogP contribution in [-0.4, -0.2) is 43.7 Å². The maximum absolute atomic E-state index is 12.7. The standard InChI is InChI=1S/C20H24N2O6/c1-6-14-17(20(25)27-5)12(3)18(21-14)19(24)22-15-8-7-13(9-11(15)2)28-10-16(23)26-4/h7-9,21H,6,10H2,1-5H3,(H,22,24). The molecule has 0 spiro atoms. The predicted octanol–water partition coefficient (Wildman–Crippen LogP) is 2.78. The van der Waals surface area contributed by atoms with E-state index in [4.69, 9.17) is 9.47 Å². The second kappa shape index (κ2) is 9.07. The summed E-state index contributed by atoms with van der Waals surface area (Å²) in [6.45, 7) is 5.20. The lowest BCUT2D eigenvalue weighted by Crippen LogP contribution is -2.15. The van der Waals surface area contributed by atoms with Crippen LogP contribution in [0.2, 0.25) is 0 Å². The first kappa shape index (κ1) is 21.0. The smallest absolute Gasteiger partial charge is 0.343 e. The maximum Gasteiger partial charge on any atom is 0.343 e. The Labute approximate surface area is 163 Å². The quantitative estimate of drug-likeness (QED) is 0.707. The number of benzene rings is 1. The first-order valence-electron chi connectivity index (χ1n) is 8.73. The van der Waals surface area contributed by atoms with Crippen molar-refractivity contribution in [1.82, 2.24) is 4.98 Å². The highest BCUT2D eigenvalue weighted by atomic mass is 16.6. The number of esters is 2. The average molecular weight is 388 g/mol. The fourth-order valence-electron chi connectivity index (χ4n) is 2.78. The molecule has 28 heavy (non-hydrogen) atoms. The van der Waals surface area contributed by atoms with Gasteiger partial charge in [0, 0.05) is 11.4 Å². The molecule has 150 valence electrons. The van der Waals surface area contributed by atoms with Crippen LogP contribution in [0.1, 0.15) is 44.6 Å². The Morgan fingerprint density at radius 3 is 2.39 bits per heavy atom. The van der Waals surface area contributed by atoms with Gasteiger partial charge in [-0.1, -0.05) is 6.92 Å². The number of methoxy groups -OCH3 is 2. The molecule has 8 heteroatoms. The summed E-state index contributed by atoms with van der Waals surface area (Å²) in [6, 6.07) is 5.03. The number of ether oxygens (including phenoxy) is 3. The van der Waals surface area contributed by atoms with Crippen LogP contribution in [0.15, 0.2) is 18.2 Å². The third-order valence-corrected chi connectivity index (χ3v) is 4.33. The van der Waals surface area contributed by atoms with Crippen LogP contribution in [0, 0.1) is 13.8 Å². The zero-order chi connectivity index (χ0) is 20.8. The third kappa shape index (κ3) is 4.51. The van der Waals surface area contributed by atoms with Gasteiger partial charge < -0.3 is 24.5 Å². The number of aromatic nitrogens is 1. The second-order valence-corrected chi connectivity index (χ2v) is 6.12. The Kier molecular flexibility index (Phi) is 6.81. The van der Waals surface area contributed by atoms with E-state index in [1.54, 1.807) is 32.0 Å². The molecular weight excluding hydrogens is 364 g/mol. The molecule has 0 atom stereocenters. The maximum atomic E-state index is 12.7. The van der Waals surface area contributed by atoms with Gasteiger partial charge >= 0.3 is 11.9 Å². The summed E-state index contributed by atoms with van der Waals surface area (Å²) in [5.41, 5.74) is 3.22. The highest BCUT2D eigenvalue weighted by Gasteiger charge is 2.24. The molecule has 8 nitrogen and oxygen atoms in total. The van der Waals surface area contributed by atoms with E-state index in [0.717, 1.165) is 5.56 Å².